The fourth-order valence-corrected chi connectivity index (χ4v) is 4.21. The Hall–Kier alpha value is -0.860. The van der Waals surface area contributed by atoms with Crippen LogP contribution < -0.4 is 10.6 Å². The molecule has 1 atom stereocenters. The third-order valence-corrected chi connectivity index (χ3v) is 6.52. The van der Waals surface area contributed by atoms with Crippen LogP contribution in [0, 0.1) is 5.92 Å². The Balaban J connectivity index is 0.00000312. The largest absolute Gasteiger partial charge is 0.354 e. The van der Waals surface area contributed by atoms with Crippen LogP contribution in [0.4, 0.5) is 0 Å². The number of hydrogen-bond donors (Lipinski definition) is 2. The molecule has 2 rings (SSSR count). The monoisotopic (exact) mass is 409 g/mol. The van der Waals surface area contributed by atoms with E-state index in [4.69, 9.17) is 11.6 Å². The van der Waals surface area contributed by atoms with E-state index in [-0.39, 0.29) is 35.2 Å². The van der Waals surface area contributed by atoms with Crippen LogP contribution in [0.3, 0.4) is 0 Å². The number of carbonyl (C=O) groups excluding carboxylic acids is 1. The third-order valence-electron chi connectivity index (χ3n) is 4.35. The number of halogens is 2. The van der Waals surface area contributed by atoms with E-state index in [0.717, 1.165) is 0 Å². The number of hydrogen-bond acceptors (Lipinski definition) is 4. The number of likely N-dealkylation sites (N-methyl/N-ethyl adjacent to an activating group) is 1. The zero-order valence-electron chi connectivity index (χ0n) is 14.4. The quantitative estimate of drug-likeness (QED) is 0.751. The summed E-state index contributed by atoms with van der Waals surface area (Å²) >= 11 is 5.81. The Morgan fingerprint density at radius 2 is 1.84 bits per heavy atom. The lowest BCUT2D eigenvalue weighted by Gasteiger charge is -2.30. The van der Waals surface area contributed by atoms with Gasteiger partial charge in [0, 0.05) is 36.6 Å². The highest BCUT2D eigenvalue weighted by Crippen LogP contribution is 2.24. The van der Waals surface area contributed by atoms with Crippen molar-refractivity contribution in [1.29, 1.82) is 0 Å². The summed E-state index contributed by atoms with van der Waals surface area (Å²) in [5.74, 6) is -0.133. The topological polar surface area (TPSA) is 78.5 Å². The number of benzene rings is 1. The summed E-state index contributed by atoms with van der Waals surface area (Å²) in [7, 11) is -1.68. The molecule has 2 N–H and O–H groups in total. The van der Waals surface area contributed by atoms with Gasteiger partial charge in [-0.25, -0.2) is 8.42 Å². The summed E-state index contributed by atoms with van der Waals surface area (Å²) in [6.45, 7) is 3.26. The normalized spacial score (nSPS) is 17.6. The molecule has 1 aromatic rings. The molecule has 1 aromatic carbocycles. The SMILES string of the molecule is CNC(C)CNC(=O)C1CCN(S(=O)(=O)c2ccc(Cl)cc2)CC1.Cl. The van der Waals surface area contributed by atoms with E-state index in [1.165, 1.54) is 16.4 Å². The van der Waals surface area contributed by atoms with Crippen molar-refractivity contribution >= 4 is 39.9 Å². The van der Waals surface area contributed by atoms with Gasteiger partial charge in [0.15, 0.2) is 0 Å². The molecule has 0 bridgehead atoms. The molecule has 0 aliphatic carbocycles. The summed E-state index contributed by atoms with van der Waals surface area (Å²) < 4.78 is 26.6. The zero-order valence-corrected chi connectivity index (χ0v) is 16.8. The Morgan fingerprint density at radius 1 is 1.28 bits per heavy atom. The first-order valence-corrected chi connectivity index (χ1v) is 9.87. The highest BCUT2D eigenvalue weighted by atomic mass is 35.5. The highest BCUT2D eigenvalue weighted by Gasteiger charge is 2.32. The number of rotatable bonds is 6. The van der Waals surface area contributed by atoms with Gasteiger partial charge in [0.1, 0.15) is 0 Å². The Labute approximate surface area is 160 Å². The molecule has 25 heavy (non-hydrogen) atoms. The lowest BCUT2D eigenvalue weighted by Crippen LogP contribution is -2.45. The van der Waals surface area contributed by atoms with Gasteiger partial charge in [-0.2, -0.15) is 4.31 Å². The van der Waals surface area contributed by atoms with Crippen molar-refractivity contribution in [2.75, 3.05) is 26.7 Å². The standard InChI is InChI=1S/C16H24ClN3O3S.ClH/c1-12(18-2)11-19-16(21)13-7-9-20(10-8-13)24(22,23)15-5-3-14(17)4-6-15;/h3-6,12-13,18H,7-11H2,1-2H3,(H,19,21);1H. The first kappa shape index (κ1) is 22.2. The predicted molar refractivity (Wildman–Crippen MR) is 102 cm³/mol. The number of carbonyl (C=O) groups is 1. The number of sulfonamides is 1. The van der Waals surface area contributed by atoms with Crippen molar-refractivity contribution in [2.45, 2.75) is 30.7 Å². The molecule has 0 spiro atoms. The molecule has 1 saturated heterocycles. The molecular weight excluding hydrogens is 385 g/mol. The molecule has 0 aromatic heterocycles. The molecular formula is C16H25Cl2N3O3S. The summed E-state index contributed by atoms with van der Waals surface area (Å²) in [5, 5.41) is 6.47. The van der Waals surface area contributed by atoms with Crippen LogP contribution in [0.1, 0.15) is 19.8 Å². The van der Waals surface area contributed by atoms with E-state index in [1.54, 1.807) is 12.1 Å². The van der Waals surface area contributed by atoms with E-state index in [2.05, 4.69) is 10.6 Å². The van der Waals surface area contributed by atoms with Gasteiger partial charge < -0.3 is 10.6 Å². The molecule has 0 radical (unpaired) electrons. The van der Waals surface area contributed by atoms with E-state index in [9.17, 15) is 13.2 Å². The Morgan fingerprint density at radius 3 is 2.36 bits per heavy atom. The van der Waals surface area contributed by atoms with E-state index in [0.29, 0.717) is 37.5 Å². The highest BCUT2D eigenvalue weighted by molar-refractivity contribution is 7.89. The fraction of sp³-hybridized carbons (Fsp3) is 0.562. The second kappa shape index (κ2) is 9.73. The number of nitrogens with zero attached hydrogens (tertiary/aromatic N) is 1. The molecule has 1 aliphatic heterocycles. The fourth-order valence-electron chi connectivity index (χ4n) is 2.61. The van der Waals surface area contributed by atoms with Gasteiger partial charge in [-0.1, -0.05) is 11.6 Å². The van der Waals surface area contributed by atoms with Gasteiger partial charge in [-0.05, 0) is 51.1 Å². The number of nitrogens with one attached hydrogen (secondary N) is 2. The Bertz CT molecular complexity index is 660. The van der Waals surface area contributed by atoms with E-state index in [1.807, 2.05) is 14.0 Å². The van der Waals surface area contributed by atoms with E-state index < -0.39 is 10.0 Å². The molecule has 0 saturated carbocycles. The van der Waals surface area contributed by atoms with Crippen molar-refractivity contribution in [3.8, 4) is 0 Å². The maximum Gasteiger partial charge on any atom is 0.243 e. The van der Waals surface area contributed by atoms with Crippen molar-refractivity contribution < 1.29 is 13.2 Å². The maximum atomic E-state index is 12.6. The lowest BCUT2D eigenvalue weighted by atomic mass is 9.97. The molecule has 6 nitrogen and oxygen atoms in total. The van der Waals surface area contributed by atoms with Crippen LogP contribution in [0.5, 0.6) is 0 Å². The molecule has 9 heteroatoms. The molecule has 1 fully saturated rings. The summed E-state index contributed by atoms with van der Waals surface area (Å²) in [4.78, 5) is 12.4. The number of piperidine rings is 1. The van der Waals surface area contributed by atoms with Crippen molar-refractivity contribution in [3.05, 3.63) is 29.3 Å². The van der Waals surface area contributed by atoms with Gasteiger partial charge in [0.05, 0.1) is 4.90 Å². The van der Waals surface area contributed by atoms with Gasteiger partial charge in [-0.15, -0.1) is 12.4 Å². The van der Waals surface area contributed by atoms with Crippen LogP contribution in [0.15, 0.2) is 29.2 Å². The van der Waals surface area contributed by atoms with Crippen LogP contribution in [0.25, 0.3) is 0 Å². The first-order valence-electron chi connectivity index (χ1n) is 8.05. The third kappa shape index (κ3) is 5.82. The molecule has 1 heterocycles. The predicted octanol–water partition coefficient (Wildman–Crippen LogP) is 1.89. The second-order valence-corrected chi connectivity index (χ2v) is 8.44. The van der Waals surface area contributed by atoms with Crippen molar-refractivity contribution in [1.82, 2.24) is 14.9 Å². The minimum absolute atomic E-state index is 0. The van der Waals surface area contributed by atoms with Gasteiger partial charge >= 0.3 is 0 Å². The minimum atomic E-state index is -3.52. The summed E-state index contributed by atoms with van der Waals surface area (Å²) in [6, 6.07) is 6.36. The molecule has 1 unspecified atom stereocenters. The Kier molecular flexibility index (Phi) is 8.63. The van der Waals surface area contributed by atoms with E-state index >= 15 is 0 Å². The van der Waals surface area contributed by atoms with Crippen LogP contribution in [-0.4, -0.2) is 51.4 Å². The minimum Gasteiger partial charge on any atom is -0.354 e. The average molecular weight is 410 g/mol. The first-order chi connectivity index (χ1) is 11.3. The van der Waals surface area contributed by atoms with Crippen LogP contribution in [-0.2, 0) is 14.8 Å². The molecule has 1 aliphatic rings. The molecule has 142 valence electrons. The lowest BCUT2D eigenvalue weighted by molar-refractivity contribution is -0.126. The van der Waals surface area contributed by atoms with Gasteiger partial charge in [0.2, 0.25) is 15.9 Å². The van der Waals surface area contributed by atoms with Crippen molar-refractivity contribution in [2.24, 2.45) is 5.92 Å². The smallest absolute Gasteiger partial charge is 0.243 e. The van der Waals surface area contributed by atoms with Gasteiger partial charge in [0.25, 0.3) is 0 Å². The van der Waals surface area contributed by atoms with Crippen LogP contribution in [0.2, 0.25) is 5.02 Å². The van der Waals surface area contributed by atoms with Crippen molar-refractivity contribution in [3.63, 3.8) is 0 Å². The summed E-state index contributed by atoms with van der Waals surface area (Å²) in [6.07, 6.45) is 1.07. The average Bonchev–Trinajstić information content (AvgIpc) is 2.59. The van der Waals surface area contributed by atoms with Crippen LogP contribution >= 0.6 is 24.0 Å². The number of amides is 1. The summed E-state index contributed by atoms with van der Waals surface area (Å²) in [5.41, 5.74) is 0. The second-order valence-electron chi connectivity index (χ2n) is 6.07. The molecule has 1 amide bonds. The zero-order chi connectivity index (χ0) is 17.7. The maximum absolute atomic E-state index is 12.6. The van der Waals surface area contributed by atoms with Gasteiger partial charge in [-0.3, -0.25) is 4.79 Å².